The molecule has 188 valence electrons. The zero-order valence-corrected chi connectivity index (χ0v) is 25.4. The molecule has 0 spiro atoms. The zero-order valence-electron chi connectivity index (χ0n) is 23.4. The Balaban J connectivity index is 1.93. The first-order chi connectivity index (χ1) is 18.1. The highest BCUT2D eigenvalue weighted by Gasteiger charge is 2.16. The van der Waals surface area contributed by atoms with Crippen LogP contribution in [0.4, 0.5) is 0 Å². The maximum atomic E-state index is 3.49. The van der Waals surface area contributed by atoms with Crippen molar-refractivity contribution in [2.45, 2.75) is 39.3 Å². The first-order valence-electron chi connectivity index (χ1n) is 13.2. The lowest BCUT2D eigenvalue weighted by Gasteiger charge is -2.18. The van der Waals surface area contributed by atoms with Crippen molar-refractivity contribution in [3.63, 3.8) is 0 Å². The molecule has 38 heavy (non-hydrogen) atoms. The third kappa shape index (κ3) is 7.59. The molecule has 2 heteroatoms. The van der Waals surface area contributed by atoms with Crippen LogP contribution in [0.25, 0.3) is 11.1 Å². The maximum absolute atomic E-state index is 3.49. The lowest BCUT2D eigenvalue weighted by molar-refractivity contribution is 1.49. The minimum Gasteiger partial charge on any atom is -0.127 e. The van der Waals surface area contributed by atoms with Crippen LogP contribution in [0.3, 0.4) is 0 Å². The van der Waals surface area contributed by atoms with E-state index >= 15 is 0 Å². The number of benzene rings is 4. The Kier molecular flexibility index (Phi) is 8.38. The molecule has 4 rings (SSSR count). The van der Waals surface area contributed by atoms with E-state index in [0.29, 0.717) is 0 Å². The highest BCUT2D eigenvalue weighted by molar-refractivity contribution is 6.84. The monoisotopic (exact) mass is 524 g/mol. The molecule has 0 saturated carbocycles. The summed E-state index contributed by atoms with van der Waals surface area (Å²) >= 11 is 0. The Hall–Kier alpha value is -3.83. The Morgan fingerprint density at radius 3 is 0.974 bits per heavy atom. The fourth-order valence-corrected chi connectivity index (χ4v) is 5.12. The first-order valence-corrected chi connectivity index (χ1v) is 20.2. The van der Waals surface area contributed by atoms with E-state index in [1.807, 2.05) is 0 Å². The normalized spacial score (nSPS) is 11.0. The van der Waals surface area contributed by atoms with Crippen LogP contribution in [-0.2, 0) is 0 Å². The maximum Gasteiger partial charge on any atom is 0.129 e. The van der Waals surface area contributed by atoms with E-state index in [-0.39, 0.29) is 0 Å². The summed E-state index contributed by atoms with van der Waals surface area (Å²) in [4.78, 5) is 0. The molecule has 0 radical (unpaired) electrons. The molecule has 0 N–H and O–H groups in total. The Bertz CT molecular complexity index is 1400. The summed E-state index contributed by atoms with van der Waals surface area (Å²) in [6.07, 6.45) is 0. The highest BCUT2D eigenvalue weighted by atomic mass is 28.3. The fraction of sp³-hybridized carbons (Fsp3) is 0.167. The van der Waals surface area contributed by atoms with Crippen LogP contribution in [0.15, 0.2) is 109 Å². The van der Waals surface area contributed by atoms with Crippen molar-refractivity contribution in [1.82, 2.24) is 0 Å². The van der Waals surface area contributed by atoms with Crippen LogP contribution in [0, 0.1) is 22.9 Å². The van der Waals surface area contributed by atoms with Gasteiger partial charge in [-0.05, 0) is 57.7 Å². The number of rotatable bonds is 4. The average Bonchev–Trinajstić information content (AvgIpc) is 2.90. The molecule has 0 fully saturated rings. The quantitative estimate of drug-likeness (QED) is 0.142. The van der Waals surface area contributed by atoms with Crippen molar-refractivity contribution in [3.05, 3.63) is 143 Å². The van der Waals surface area contributed by atoms with E-state index in [0.717, 1.165) is 11.1 Å². The third-order valence-corrected chi connectivity index (χ3v) is 7.64. The molecule has 0 atom stereocenters. The van der Waals surface area contributed by atoms with Gasteiger partial charge in [0.1, 0.15) is 16.1 Å². The SMILES string of the molecule is C[Si](C)(C)C#Cc1ccc(C(=C(c2ccccc2)c2ccccc2)c2ccc(C#C[Si](C)(C)C)cc2)cc1. The van der Waals surface area contributed by atoms with Crippen molar-refractivity contribution >= 4 is 27.3 Å². The third-order valence-electron chi connectivity index (χ3n) is 5.89. The van der Waals surface area contributed by atoms with Gasteiger partial charge in [0.2, 0.25) is 0 Å². The van der Waals surface area contributed by atoms with Crippen molar-refractivity contribution < 1.29 is 0 Å². The van der Waals surface area contributed by atoms with Gasteiger partial charge in [0, 0.05) is 11.1 Å². The molecule has 0 nitrogen and oxygen atoms in total. The van der Waals surface area contributed by atoms with Gasteiger partial charge in [-0.3, -0.25) is 0 Å². The van der Waals surface area contributed by atoms with Gasteiger partial charge >= 0.3 is 0 Å². The number of hydrogen-bond acceptors (Lipinski definition) is 0. The van der Waals surface area contributed by atoms with Gasteiger partial charge in [0.25, 0.3) is 0 Å². The Morgan fingerprint density at radius 2 is 0.684 bits per heavy atom. The van der Waals surface area contributed by atoms with Crippen LogP contribution in [0.5, 0.6) is 0 Å². The minimum atomic E-state index is -1.44. The van der Waals surface area contributed by atoms with Crippen LogP contribution >= 0.6 is 0 Å². The fourth-order valence-electron chi connectivity index (χ4n) is 4.08. The second kappa shape index (κ2) is 11.7. The standard InChI is InChI=1S/C36H36Si2/c1-37(2,3)27-25-29-17-21-33(22-18-29)36(34-23-19-30(20-24-34)26-28-38(4,5)6)35(31-13-9-7-10-14-31)32-15-11-8-12-16-32/h7-24H,1-6H3. The summed E-state index contributed by atoms with van der Waals surface area (Å²) in [5, 5.41) is 0. The van der Waals surface area contributed by atoms with E-state index in [1.165, 1.54) is 33.4 Å². The van der Waals surface area contributed by atoms with Crippen LogP contribution in [-0.4, -0.2) is 16.1 Å². The minimum absolute atomic E-state index is 1.06. The second-order valence-corrected chi connectivity index (χ2v) is 21.1. The summed E-state index contributed by atoms with van der Waals surface area (Å²) in [7, 11) is -2.87. The van der Waals surface area contributed by atoms with E-state index in [2.05, 4.69) is 171 Å². The molecule has 0 aliphatic rings. The lowest BCUT2D eigenvalue weighted by Crippen LogP contribution is -2.16. The smallest absolute Gasteiger partial charge is 0.127 e. The van der Waals surface area contributed by atoms with Gasteiger partial charge in [0.05, 0.1) is 0 Å². The molecule has 0 heterocycles. The zero-order chi connectivity index (χ0) is 27.2. The molecule has 0 aliphatic heterocycles. The van der Waals surface area contributed by atoms with Crippen molar-refractivity contribution in [2.24, 2.45) is 0 Å². The molecular formula is C36H36Si2. The summed E-state index contributed by atoms with van der Waals surface area (Å²) in [5.41, 5.74) is 16.3. The topological polar surface area (TPSA) is 0 Å². The predicted molar refractivity (Wildman–Crippen MR) is 171 cm³/mol. The van der Waals surface area contributed by atoms with Gasteiger partial charge < -0.3 is 0 Å². The first kappa shape index (κ1) is 27.2. The van der Waals surface area contributed by atoms with Crippen molar-refractivity contribution in [3.8, 4) is 22.9 Å². The molecule has 0 unspecified atom stereocenters. The summed E-state index contributed by atoms with van der Waals surface area (Å²) in [6.45, 7) is 13.7. The van der Waals surface area contributed by atoms with Crippen molar-refractivity contribution in [1.29, 1.82) is 0 Å². The average molecular weight is 525 g/mol. The molecule has 4 aromatic rings. The van der Waals surface area contributed by atoms with E-state index in [4.69, 9.17) is 0 Å². The predicted octanol–water partition coefficient (Wildman–Crippen LogP) is 9.15. The summed E-state index contributed by atoms with van der Waals surface area (Å²) in [5.74, 6) is 6.80. The van der Waals surface area contributed by atoms with Gasteiger partial charge in [-0.25, -0.2) is 0 Å². The van der Waals surface area contributed by atoms with Gasteiger partial charge in [-0.2, -0.15) is 0 Å². The molecule has 0 saturated heterocycles. The summed E-state index contributed by atoms with van der Waals surface area (Å²) < 4.78 is 0. The highest BCUT2D eigenvalue weighted by Crippen LogP contribution is 2.37. The summed E-state index contributed by atoms with van der Waals surface area (Å²) in [6, 6.07) is 38.9. The van der Waals surface area contributed by atoms with E-state index in [1.54, 1.807) is 0 Å². The molecule has 0 aliphatic carbocycles. The largest absolute Gasteiger partial charge is 0.129 e. The Morgan fingerprint density at radius 1 is 0.395 bits per heavy atom. The number of hydrogen-bond donors (Lipinski definition) is 0. The van der Waals surface area contributed by atoms with Gasteiger partial charge in [-0.1, -0.05) is 136 Å². The van der Waals surface area contributed by atoms with Crippen molar-refractivity contribution in [2.75, 3.05) is 0 Å². The van der Waals surface area contributed by atoms with Crippen LogP contribution < -0.4 is 0 Å². The Labute approximate surface area is 231 Å². The second-order valence-electron chi connectivity index (χ2n) is 11.6. The lowest BCUT2D eigenvalue weighted by atomic mass is 9.85. The van der Waals surface area contributed by atoms with Gasteiger partial charge in [-0.15, -0.1) is 11.1 Å². The molecule has 0 amide bonds. The van der Waals surface area contributed by atoms with E-state index < -0.39 is 16.1 Å². The van der Waals surface area contributed by atoms with E-state index in [9.17, 15) is 0 Å². The molecule has 4 aromatic carbocycles. The molecular weight excluding hydrogens is 489 g/mol. The van der Waals surface area contributed by atoms with Crippen LogP contribution in [0.2, 0.25) is 39.3 Å². The van der Waals surface area contributed by atoms with Gasteiger partial charge in [0.15, 0.2) is 0 Å². The molecule has 0 aromatic heterocycles. The molecule has 0 bridgehead atoms. The van der Waals surface area contributed by atoms with Crippen LogP contribution in [0.1, 0.15) is 33.4 Å².